The van der Waals surface area contributed by atoms with Crippen molar-refractivity contribution in [2.24, 2.45) is 0 Å². The van der Waals surface area contributed by atoms with Crippen LogP contribution in [-0.4, -0.2) is 21.5 Å². The highest BCUT2D eigenvalue weighted by atomic mass is 28.4. The van der Waals surface area contributed by atoms with Crippen LogP contribution in [0.25, 0.3) is 0 Å². The molecule has 1 rings (SSSR count). The first kappa shape index (κ1) is 16.3. The van der Waals surface area contributed by atoms with Gasteiger partial charge in [-0.05, 0) is 44.6 Å². The molecule has 0 saturated heterocycles. The third kappa shape index (κ3) is 9.74. The molecule has 2 nitrogen and oxygen atoms in total. The van der Waals surface area contributed by atoms with Gasteiger partial charge >= 0.3 is 0 Å². The van der Waals surface area contributed by atoms with E-state index in [2.05, 4.69) is 19.6 Å². The van der Waals surface area contributed by atoms with Crippen LogP contribution < -0.4 is 4.74 Å². The van der Waals surface area contributed by atoms with Gasteiger partial charge in [0.15, 0.2) is 8.32 Å². The fourth-order valence-corrected chi connectivity index (χ4v) is 2.58. The first-order valence-electron chi connectivity index (χ1n) is 7.40. The predicted octanol–water partition coefficient (Wildman–Crippen LogP) is 4.87. The van der Waals surface area contributed by atoms with Crippen molar-refractivity contribution in [2.45, 2.75) is 51.7 Å². The molecule has 108 valence electrons. The summed E-state index contributed by atoms with van der Waals surface area (Å²) < 4.78 is 11.5. The maximum atomic E-state index is 5.83. The third-order valence-electron chi connectivity index (χ3n) is 2.84. The Kier molecular flexibility index (Phi) is 7.83. The second-order valence-electron chi connectivity index (χ2n) is 5.89. The summed E-state index contributed by atoms with van der Waals surface area (Å²) in [7, 11) is -1.30. The maximum Gasteiger partial charge on any atom is 0.183 e. The number of hydrogen-bond donors (Lipinski definition) is 0. The van der Waals surface area contributed by atoms with Crippen molar-refractivity contribution >= 4 is 8.32 Å². The quantitative estimate of drug-likeness (QED) is 0.450. The van der Waals surface area contributed by atoms with Crippen molar-refractivity contribution in [2.75, 3.05) is 13.2 Å². The maximum absolute atomic E-state index is 5.83. The molecular weight excluding hydrogens is 252 g/mol. The predicted molar refractivity (Wildman–Crippen MR) is 84.3 cm³/mol. The van der Waals surface area contributed by atoms with E-state index in [0.29, 0.717) is 0 Å². The number of para-hydroxylation sites is 1. The normalized spacial score (nSPS) is 11.5. The van der Waals surface area contributed by atoms with E-state index in [1.54, 1.807) is 0 Å². The lowest BCUT2D eigenvalue weighted by Gasteiger charge is -2.16. The van der Waals surface area contributed by atoms with E-state index in [4.69, 9.17) is 9.16 Å². The van der Waals surface area contributed by atoms with E-state index in [-0.39, 0.29) is 0 Å². The lowest BCUT2D eigenvalue weighted by atomic mass is 10.1. The van der Waals surface area contributed by atoms with Crippen LogP contribution in [0.15, 0.2) is 30.3 Å². The first-order chi connectivity index (χ1) is 9.08. The fraction of sp³-hybridized carbons (Fsp3) is 0.625. The second kappa shape index (κ2) is 9.16. The summed E-state index contributed by atoms with van der Waals surface area (Å²) >= 11 is 0. The highest BCUT2D eigenvalue weighted by molar-refractivity contribution is 6.69. The van der Waals surface area contributed by atoms with Gasteiger partial charge in [-0.15, -0.1) is 0 Å². The van der Waals surface area contributed by atoms with Crippen LogP contribution in [0.4, 0.5) is 0 Å². The van der Waals surface area contributed by atoms with E-state index in [9.17, 15) is 0 Å². The Morgan fingerprint density at radius 2 is 1.37 bits per heavy atom. The zero-order chi connectivity index (χ0) is 14.0. The molecule has 1 aromatic carbocycles. The van der Waals surface area contributed by atoms with Gasteiger partial charge in [0.1, 0.15) is 5.75 Å². The molecule has 0 spiro atoms. The van der Waals surface area contributed by atoms with Gasteiger partial charge in [0.05, 0.1) is 6.61 Å². The van der Waals surface area contributed by atoms with Crippen molar-refractivity contribution in [3.63, 3.8) is 0 Å². The van der Waals surface area contributed by atoms with Crippen molar-refractivity contribution in [3.8, 4) is 5.75 Å². The minimum absolute atomic E-state index is 0.829. The number of rotatable bonds is 10. The molecule has 0 aliphatic heterocycles. The molecular formula is C16H28O2Si. The molecule has 3 heteroatoms. The number of ether oxygens (including phenoxy) is 1. The van der Waals surface area contributed by atoms with E-state index >= 15 is 0 Å². The Labute approximate surface area is 119 Å². The van der Waals surface area contributed by atoms with Crippen LogP contribution in [0, 0.1) is 0 Å². The van der Waals surface area contributed by atoms with E-state index in [1.165, 1.54) is 25.7 Å². The Balaban J connectivity index is 1.87. The molecule has 0 unspecified atom stereocenters. The molecule has 0 radical (unpaired) electrons. The molecule has 19 heavy (non-hydrogen) atoms. The molecule has 0 aromatic heterocycles. The third-order valence-corrected chi connectivity index (χ3v) is 3.91. The van der Waals surface area contributed by atoms with E-state index in [1.807, 2.05) is 30.3 Å². The zero-order valence-corrected chi connectivity index (χ0v) is 13.7. The van der Waals surface area contributed by atoms with Crippen LogP contribution >= 0.6 is 0 Å². The second-order valence-corrected chi connectivity index (χ2v) is 10.4. The topological polar surface area (TPSA) is 18.5 Å². The fourth-order valence-electron chi connectivity index (χ4n) is 1.82. The van der Waals surface area contributed by atoms with Gasteiger partial charge in [0.25, 0.3) is 0 Å². The molecule has 0 heterocycles. The van der Waals surface area contributed by atoms with Gasteiger partial charge in [-0.1, -0.05) is 37.5 Å². The van der Waals surface area contributed by atoms with Gasteiger partial charge in [-0.25, -0.2) is 0 Å². The molecule has 0 amide bonds. The monoisotopic (exact) mass is 280 g/mol. The van der Waals surface area contributed by atoms with Gasteiger partial charge in [-0.2, -0.15) is 0 Å². The molecule has 0 atom stereocenters. The van der Waals surface area contributed by atoms with Crippen LogP contribution in [0.5, 0.6) is 5.75 Å². The average molecular weight is 280 g/mol. The molecule has 1 aromatic rings. The van der Waals surface area contributed by atoms with Gasteiger partial charge < -0.3 is 9.16 Å². The lowest BCUT2D eigenvalue weighted by molar-refractivity contribution is 0.290. The zero-order valence-electron chi connectivity index (χ0n) is 12.7. The SMILES string of the molecule is C[Si](C)(C)OCCCCCCCOc1ccccc1. The molecule has 0 bridgehead atoms. The van der Waals surface area contributed by atoms with E-state index in [0.717, 1.165) is 25.4 Å². The summed E-state index contributed by atoms with van der Waals surface area (Å²) in [6, 6.07) is 10.0. The summed E-state index contributed by atoms with van der Waals surface area (Å²) in [5.41, 5.74) is 0. The summed E-state index contributed by atoms with van der Waals surface area (Å²) in [4.78, 5) is 0. The van der Waals surface area contributed by atoms with Crippen LogP contribution in [0.1, 0.15) is 32.1 Å². The molecule has 0 fully saturated rings. The number of hydrogen-bond acceptors (Lipinski definition) is 2. The highest BCUT2D eigenvalue weighted by Crippen LogP contribution is 2.10. The number of unbranched alkanes of at least 4 members (excludes halogenated alkanes) is 4. The van der Waals surface area contributed by atoms with Crippen LogP contribution in [0.2, 0.25) is 19.6 Å². The summed E-state index contributed by atoms with van der Waals surface area (Å²) in [5, 5.41) is 0. The molecule has 0 aliphatic carbocycles. The first-order valence-corrected chi connectivity index (χ1v) is 10.8. The molecule has 0 N–H and O–H groups in total. The standard InChI is InChI=1S/C16H28O2Si/c1-19(2,3)18-15-11-6-4-5-10-14-17-16-12-8-7-9-13-16/h7-9,12-13H,4-6,10-11,14-15H2,1-3H3. The smallest absolute Gasteiger partial charge is 0.183 e. The van der Waals surface area contributed by atoms with Gasteiger partial charge in [0, 0.05) is 6.61 Å². The number of benzene rings is 1. The van der Waals surface area contributed by atoms with E-state index < -0.39 is 8.32 Å². The molecule has 0 aliphatic rings. The van der Waals surface area contributed by atoms with Crippen LogP contribution in [-0.2, 0) is 4.43 Å². The van der Waals surface area contributed by atoms with Gasteiger partial charge in [-0.3, -0.25) is 0 Å². The van der Waals surface area contributed by atoms with Crippen molar-refractivity contribution in [1.29, 1.82) is 0 Å². The minimum atomic E-state index is -1.30. The Hall–Kier alpha value is -0.803. The summed E-state index contributed by atoms with van der Waals surface area (Å²) in [5.74, 6) is 0.978. The summed E-state index contributed by atoms with van der Waals surface area (Å²) in [6.07, 6.45) is 6.15. The lowest BCUT2D eigenvalue weighted by Crippen LogP contribution is -2.25. The summed E-state index contributed by atoms with van der Waals surface area (Å²) in [6.45, 7) is 8.50. The van der Waals surface area contributed by atoms with Crippen molar-refractivity contribution < 1.29 is 9.16 Å². The van der Waals surface area contributed by atoms with Crippen LogP contribution in [0.3, 0.4) is 0 Å². The average Bonchev–Trinajstić information content (AvgIpc) is 2.37. The Bertz CT molecular complexity index is 319. The van der Waals surface area contributed by atoms with Gasteiger partial charge in [0.2, 0.25) is 0 Å². The van der Waals surface area contributed by atoms with Crippen molar-refractivity contribution in [1.82, 2.24) is 0 Å². The Morgan fingerprint density at radius 1 is 0.789 bits per heavy atom. The van der Waals surface area contributed by atoms with Crippen molar-refractivity contribution in [3.05, 3.63) is 30.3 Å². The molecule has 0 saturated carbocycles. The highest BCUT2D eigenvalue weighted by Gasteiger charge is 2.12. The largest absolute Gasteiger partial charge is 0.494 e. The Morgan fingerprint density at radius 3 is 2.00 bits per heavy atom. The minimum Gasteiger partial charge on any atom is -0.494 e.